The van der Waals surface area contributed by atoms with E-state index in [1.54, 1.807) is 4.90 Å². The fourth-order valence-electron chi connectivity index (χ4n) is 4.38. The third-order valence-corrected chi connectivity index (χ3v) is 6.83. The quantitative estimate of drug-likeness (QED) is 0.219. The molecule has 0 aliphatic rings. The summed E-state index contributed by atoms with van der Waals surface area (Å²) in [5.41, 5.74) is 7.83. The van der Waals surface area contributed by atoms with Gasteiger partial charge in [0.05, 0.1) is 25.1 Å². The molecule has 43 heavy (non-hydrogen) atoms. The van der Waals surface area contributed by atoms with Crippen LogP contribution in [0.15, 0.2) is 54.6 Å². The molecule has 2 aromatic carbocycles. The van der Waals surface area contributed by atoms with Crippen molar-refractivity contribution in [3.63, 3.8) is 0 Å². The van der Waals surface area contributed by atoms with Crippen LogP contribution in [0.4, 0.5) is 13.2 Å². The summed E-state index contributed by atoms with van der Waals surface area (Å²) < 4.78 is 38.4. The summed E-state index contributed by atoms with van der Waals surface area (Å²) in [6.45, 7) is 3.67. The average molecular weight is 609 g/mol. The van der Waals surface area contributed by atoms with Crippen molar-refractivity contribution in [1.29, 1.82) is 0 Å². The molecule has 2 rings (SSSR count). The van der Waals surface area contributed by atoms with Gasteiger partial charge in [-0.25, -0.2) is 0 Å². The van der Waals surface area contributed by atoms with Crippen molar-refractivity contribution >= 4 is 23.6 Å². The Kier molecular flexibility index (Phi) is 14.1. The minimum atomic E-state index is -4.50. The number of rotatable bonds is 16. The average Bonchev–Trinajstić information content (AvgIpc) is 2.98. The number of benzene rings is 2. The molecule has 0 aromatic heterocycles. The fraction of sp³-hybridized carbons (Fsp3) is 0.467. The second-order valence-corrected chi connectivity index (χ2v) is 10.3. The van der Waals surface area contributed by atoms with E-state index in [1.807, 2.05) is 37.3 Å². The smallest absolute Gasteiger partial charge is 0.356 e. The molecule has 0 heterocycles. The van der Waals surface area contributed by atoms with Gasteiger partial charge in [-0.1, -0.05) is 37.3 Å². The number of amides is 4. The lowest BCUT2D eigenvalue weighted by Crippen LogP contribution is -2.70. The van der Waals surface area contributed by atoms with Gasteiger partial charge in [-0.2, -0.15) is 13.2 Å². The highest BCUT2D eigenvalue weighted by molar-refractivity contribution is 5.94. The second kappa shape index (κ2) is 17.2. The van der Waals surface area contributed by atoms with E-state index in [0.717, 1.165) is 36.2 Å². The molecule has 0 spiro atoms. The molecule has 0 aliphatic carbocycles. The predicted molar refractivity (Wildman–Crippen MR) is 154 cm³/mol. The molecule has 0 fully saturated rings. The lowest BCUT2D eigenvalue weighted by atomic mass is 10.0. The van der Waals surface area contributed by atoms with Gasteiger partial charge >= 0.3 is 6.18 Å². The molecule has 2 aromatic rings. The Morgan fingerprint density at radius 1 is 0.953 bits per heavy atom. The van der Waals surface area contributed by atoms with Crippen molar-refractivity contribution < 1.29 is 43.8 Å². The largest absolute Gasteiger partial charge is 0.416 e. The number of aryl methyl sites for hydroxylation is 1. The molecule has 0 bridgehead atoms. The van der Waals surface area contributed by atoms with Crippen LogP contribution in [0.3, 0.4) is 0 Å². The molecule has 0 saturated heterocycles. The highest BCUT2D eigenvalue weighted by Gasteiger charge is 2.31. The fourth-order valence-corrected chi connectivity index (χ4v) is 4.38. The summed E-state index contributed by atoms with van der Waals surface area (Å²) in [6, 6.07) is 11.5. The van der Waals surface area contributed by atoms with Gasteiger partial charge in [0.15, 0.2) is 6.04 Å². The van der Waals surface area contributed by atoms with Gasteiger partial charge < -0.3 is 31.9 Å². The van der Waals surface area contributed by atoms with Crippen LogP contribution in [-0.4, -0.2) is 85.3 Å². The van der Waals surface area contributed by atoms with E-state index in [4.69, 9.17) is 0 Å². The topological polar surface area (TPSA) is 154 Å². The minimum Gasteiger partial charge on any atom is -0.356 e. The van der Waals surface area contributed by atoms with Crippen LogP contribution in [0.1, 0.15) is 47.7 Å². The zero-order valence-electron chi connectivity index (χ0n) is 24.8. The molecular formula is C30H43F3N6O4+2. The predicted octanol–water partition coefficient (Wildman–Crippen LogP) is 0.492. The first-order chi connectivity index (χ1) is 20.4. The number of nitrogens with zero attached hydrogens (tertiary/aromatic N) is 2. The van der Waals surface area contributed by atoms with E-state index in [1.165, 1.54) is 11.9 Å². The highest BCUT2D eigenvalue weighted by atomic mass is 19.4. The Bertz CT molecular complexity index is 1190. The lowest BCUT2D eigenvalue weighted by molar-refractivity contribution is -0.403. The van der Waals surface area contributed by atoms with Gasteiger partial charge in [0.25, 0.3) is 11.8 Å². The van der Waals surface area contributed by atoms with E-state index < -0.39 is 41.5 Å². The standard InChI is InChI=1S/C30H41F3N6O4/c1-3-17-39(18-15-34)26(40)20-24(35)28(42)37-25(14-9-21-7-5-4-6-8-21)29(43)38(2)19-16-36-27(41)22-10-12-23(13-11-22)30(31,32)33/h4-8,10-13,24-25H,3,9,14-20,34-35H2,1-2H3,(H,36,41)(H,37,42)/p+2. The Morgan fingerprint density at radius 2 is 1.60 bits per heavy atom. The summed E-state index contributed by atoms with van der Waals surface area (Å²) in [6.07, 6.45) is -3.04. The number of hydrogen-bond acceptors (Lipinski definition) is 4. The van der Waals surface area contributed by atoms with Crippen LogP contribution in [0.2, 0.25) is 0 Å². The molecule has 4 amide bonds. The normalized spacial score (nSPS) is 12.6. The minimum absolute atomic E-state index is 0.0352. The van der Waals surface area contributed by atoms with E-state index in [9.17, 15) is 32.3 Å². The van der Waals surface area contributed by atoms with Gasteiger partial charge in [0.1, 0.15) is 6.04 Å². The van der Waals surface area contributed by atoms with E-state index in [0.29, 0.717) is 32.5 Å². The van der Waals surface area contributed by atoms with Crippen LogP contribution in [0, 0.1) is 0 Å². The molecule has 0 saturated carbocycles. The van der Waals surface area contributed by atoms with Gasteiger partial charge in [0.2, 0.25) is 11.8 Å². The Balaban J connectivity index is 2.01. The maximum absolute atomic E-state index is 13.4. The summed E-state index contributed by atoms with van der Waals surface area (Å²) in [7, 11) is 1.53. The maximum atomic E-state index is 13.4. The summed E-state index contributed by atoms with van der Waals surface area (Å²) in [5, 5.41) is 5.36. The molecule has 0 aliphatic heterocycles. The molecule has 8 N–H and O–H groups in total. The summed E-state index contributed by atoms with van der Waals surface area (Å²) >= 11 is 0. The molecule has 236 valence electrons. The van der Waals surface area contributed by atoms with Crippen molar-refractivity contribution in [3.8, 4) is 0 Å². The van der Waals surface area contributed by atoms with Crippen molar-refractivity contribution in [1.82, 2.24) is 20.4 Å². The summed E-state index contributed by atoms with van der Waals surface area (Å²) in [5.74, 6) is -1.69. The monoisotopic (exact) mass is 608 g/mol. The molecule has 13 heteroatoms. The Labute approximate surface area is 249 Å². The number of carbonyl (C=O) groups is 4. The lowest BCUT2D eigenvalue weighted by Gasteiger charge is -2.26. The number of hydrogen-bond donors (Lipinski definition) is 4. The third-order valence-electron chi connectivity index (χ3n) is 6.83. The van der Waals surface area contributed by atoms with Crippen LogP contribution < -0.4 is 22.1 Å². The number of quaternary nitrogens is 2. The number of likely N-dealkylation sites (N-methyl/N-ethyl adjacent to an activating group) is 1. The highest BCUT2D eigenvalue weighted by Crippen LogP contribution is 2.29. The second-order valence-electron chi connectivity index (χ2n) is 10.3. The Morgan fingerprint density at radius 3 is 2.19 bits per heavy atom. The van der Waals surface area contributed by atoms with Crippen LogP contribution in [0.25, 0.3) is 0 Å². The SMILES string of the molecule is CCCN(CC[NH3+])C(=O)CC([NH3+])C(=O)NC(CCc1ccccc1)C(=O)N(C)CCNC(=O)c1ccc(C(F)(F)F)cc1. The molecule has 0 radical (unpaired) electrons. The number of carbonyl (C=O) groups excluding carboxylic acids is 4. The zero-order valence-corrected chi connectivity index (χ0v) is 24.8. The van der Waals surface area contributed by atoms with Crippen molar-refractivity contribution in [2.75, 3.05) is 39.8 Å². The maximum Gasteiger partial charge on any atom is 0.416 e. The van der Waals surface area contributed by atoms with Crippen LogP contribution >= 0.6 is 0 Å². The third kappa shape index (κ3) is 11.7. The van der Waals surface area contributed by atoms with Crippen molar-refractivity contribution in [2.45, 2.75) is 50.9 Å². The van der Waals surface area contributed by atoms with Gasteiger partial charge in [0, 0.05) is 32.2 Å². The number of halogens is 3. The number of nitrogens with one attached hydrogen (secondary N) is 2. The van der Waals surface area contributed by atoms with Crippen molar-refractivity contribution in [3.05, 3.63) is 71.3 Å². The summed E-state index contributed by atoms with van der Waals surface area (Å²) in [4.78, 5) is 54.6. The van der Waals surface area contributed by atoms with Gasteiger partial charge in [-0.05, 0) is 49.1 Å². The number of alkyl halides is 3. The van der Waals surface area contributed by atoms with Gasteiger partial charge in [-0.15, -0.1) is 0 Å². The zero-order chi connectivity index (χ0) is 32.0. The van der Waals surface area contributed by atoms with E-state index in [2.05, 4.69) is 22.1 Å². The first-order valence-electron chi connectivity index (χ1n) is 14.3. The molecule has 10 nitrogen and oxygen atoms in total. The van der Waals surface area contributed by atoms with E-state index in [-0.39, 0.29) is 31.0 Å². The molecule has 2 unspecified atom stereocenters. The van der Waals surface area contributed by atoms with E-state index >= 15 is 0 Å². The van der Waals surface area contributed by atoms with Crippen LogP contribution in [0.5, 0.6) is 0 Å². The first-order valence-corrected chi connectivity index (χ1v) is 14.3. The van der Waals surface area contributed by atoms with Gasteiger partial charge in [-0.3, -0.25) is 19.2 Å². The Hall–Kier alpha value is -3.97. The first kappa shape index (κ1) is 35.2. The van der Waals surface area contributed by atoms with Crippen molar-refractivity contribution in [2.24, 2.45) is 0 Å². The molecule has 2 atom stereocenters. The molecular weight excluding hydrogens is 565 g/mol. The van der Waals surface area contributed by atoms with Crippen LogP contribution in [-0.2, 0) is 27.0 Å².